The van der Waals surface area contributed by atoms with Crippen molar-refractivity contribution in [1.82, 2.24) is 9.78 Å². The summed E-state index contributed by atoms with van der Waals surface area (Å²) in [7, 11) is 1.62. The van der Waals surface area contributed by atoms with Crippen molar-refractivity contribution in [2.45, 2.75) is 39.7 Å². The predicted molar refractivity (Wildman–Crippen MR) is 125 cm³/mol. The molecule has 0 aliphatic heterocycles. The summed E-state index contributed by atoms with van der Waals surface area (Å²) in [5, 5.41) is 6.26. The van der Waals surface area contributed by atoms with E-state index in [1.165, 1.54) is 0 Å². The van der Waals surface area contributed by atoms with Crippen molar-refractivity contribution < 1.29 is 13.9 Å². The summed E-state index contributed by atoms with van der Waals surface area (Å²) in [6.07, 6.45) is 0. The molecule has 0 bridgehead atoms. The van der Waals surface area contributed by atoms with E-state index in [1.807, 2.05) is 51.1 Å². The molecule has 0 aliphatic carbocycles. The third kappa shape index (κ3) is 4.19. The van der Waals surface area contributed by atoms with Crippen LogP contribution in [0.4, 0.5) is 5.69 Å². The van der Waals surface area contributed by atoms with Gasteiger partial charge in [-0.3, -0.25) is 19.4 Å². The molecule has 7 nitrogen and oxygen atoms in total. The number of ether oxygens (including phenoxy) is 1. The summed E-state index contributed by atoms with van der Waals surface area (Å²) < 4.78 is 12.8. The van der Waals surface area contributed by atoms with Gasteiger partial charge in [-0.2, -0.15) is 0 Å². The molecule has 2 N–H and O–H groups in total. The van der Waals surface area contributed by atoms with Crippen molar-refractivity contribution in [3.63, 3.8) is 0 Å². The van der Waals surface area contributed by atoms with Crippen LogP contribution in [0.3, 0.4) is 0 Å². The molecule has 0 fully saturated rings. The van der Waals surface area contributed by atoms with Gasteiger partial charge in [0.2, 0.25) is 0 Å². The summed E-state index contributed by atoms with van der Waals surface area (Å²) in [4.78, 5) is 25.4. The number of methoxy groups -OCH3 is 1. The number of hydrogen-bond acceptors (Lipinski definition) is 4. The molecule has 0 unspecified atom stereocenters. The van der Waals surface area contributed by atoms with Gasteiger partial charge in [-0.05, 0) is 48.9 Å². The van der Waals surface area contributed by atoms with Crippen LogP contribution in [0.5, 0.6) is 5.75 Å². The van der Waals surface area contributed by atoms with Gasteiger partial charge < -0.3 is 14.5 Å². The number of benzene rings is 2. The Hall–Kier alpha value is -3.74. The van der Waals surface area contributed by atoms with Gasteiger partial charge >= 0.3 is 0 Å². The Morgan fingerprint density at radius 2 is 1.94 bits per heavy atom. The average Bonchev–Trinajstić information content (AvgIpc) is 3.28. The van der Waals surface area contributed by atoms with Gasteiger partial charge in [0.25, 0.3) is 11.5 Å². The SMILES string of the molecule is COc1cccc(Cn2[nH]c(=O)c3cc(NC(=O)c4cc(C(C)(C)C)oc4C)ccc32)c1. The Balaban J connectivity index is 1.59. The lowest BCUT2D eigenvalue weighted by Gasteiger charge is -2.13. The van der Waals surface area contributed by atoms with Crippen LogP contribution in [0.25, 0.3) is 10.9 Å². The van der Waals surface area contributed by atoms with Gasteiger partial charge in [0.15, 0.2) is 0 Å². The van der Waals surface area contributed by atoms with Crippen LogP contribution in [0.15, 0.2) is 57.7 Å². The number of H-pyrrole nitrogens is 1. The first kappa shape index (κ1) is 21.5. The highest BCUT2D eigenvalue weighted by Crippen LogP contribution is 2.28. The lowest BCUT2D eigenvalue weighted by molar-refractivity contribution is 0.102. The number of anilines is 1. The molecule has 1 amide bonds. The Morgan fingerprint density at radius 3 is 2.62 bits per heavy atom. The van der Waals surface area contributed by atoms with Gasteiger partial charge in [-0.25, -0.2) is 0 Å². The fraction of sp³-hybridized carbons (Fsp3) is 0.280. The number of carbonyl (C=O) groups excluding carboxylic acids is 1. The van der Waals surface area contributed by atoms with E-state index in [9.17, 15) is 9.59 Å². The number of nitrogens with one attached hydrogen (secondary N) is 2. The van der Waals surface area contributed by atoms with Crippen LogP contribution in [0.2, 0.25) is 0 Å². The minimum absolute atomic E-state index is 0.193. The summed E-state index contributed by atoms with van der Waals surface area (Å²) in [6.45, 7) is 8.36. The molecule has 0 aliphatic rings. The number of furan rings is 1. The largest absolute Gasteiger partial charge is 0.497 e. The maximum absolute atomic E-state index is 12.8. The standard InChI is InChI=1S/C25H27N3O4/c1-15-19(13-22(32-15)25(2,3)4)23(29)26-17-9-10-21-20(12-17)24(30)27-28(21)14-16-7-6-8-18(11-16)31-5/h6-13H,14H2,1-5H3,(H,26,29)(H,27,30). The molecule has 0 saturated carbocycles. The van der Waals surface area contributed by atoms with Gasteiger partial charge in [0.05, 0.1) is 30.1 Å². The molecule has 2 heterocycles. The maximum atomic E-state index is 12.8. The van der Waals surface area contributed by atoms with Crippen LogP contribution in [0.1, 0.15) is 48.2 Å². The summed E-state index contributed by atoms with van der Waals surface area (Å²) in [5.74, 6) is 1.81. The fourth-order valence-electron chi connectivity index (χ4n) is 3.63. The van der Waals surface area contributed by atoms with E-state index in [0.717, 1.165) is 22.6 Å². The van der Waals surface area contributed by atoms with E-state index < -0.39 is 0 Å². The third-order valence-corrected chi connectivity index (χ3v) is 5.40. The smallest absolute Gasteiger partial charge is 0.272 e. The van der Waals surface area contributed by atoms with Gasteiger partial charge in [-0.15, -0.1) is 0 Å². The number of fused-ring (bicyclic) bond motifs is 1. The topological polar surface area (TPSA) is 89.3 Å². The summed E-state index contributed by atoms with van der Waals surface area (Å²) >= 11 is 0. The van der Waals surface area contributed by atoms with E-state index in [1.54, 1.807) is 36.9 Å². The number of rotatable bonds is 5. The number of aryl methyl sites for hydroxylation is 1. The number of amides is 1. The molecule has 2 aromatic carbocycles. The number of carbonyl (C=O) groups is 1. The summed E-state index contributed by atoms with van der Waals surface area (Å²) in [5.41, 5.74) is 2.38. The second-order valence-corrected chi connectivity index (χ2v) is 8.90. The van der Waals surface area contributed by atoms with Crippen molar-refractivity contribution >= 4 is 22.5 Å². The number of hydrogen-bond donors (Lipinski definition) is 2. The highest BCUT2D eigenvalue weighted by molar-refractivity contribution is 6.05. The minimum atomic E-state index is -0.270. The molecule has 7 heteroatoms. The molecule has 0 radical (unpaired) electrons. The highest BCUT2D eigenvalue weighted by atomic mass is 16.5. The second-order valence-electron chi connectivity index (χ2n) is 8.90. The first-order valence-electron chi connectivity index (χ1n) is 10.4. The Kier molecular flexibility index (Phi) is 5.42. The third-order valence-electron chi connectivity index (χ3n) is 5.40. The van der Waals surface area contributed by atoms with Gasteiger partial charge in [-0.1, -0.05) is 32.9 Å². The van der Waals surface area contributed by atoms with Crippen LogP contribution >= 0.6 is 0 Å². The Labute approximate surface area is 186 Å². The normalized spacial score (nSPS) is 11.7. The average molecular weight is 434 g/mol. The zero-order valence-corrected chi connectivity index (χ0v) is 18.9. The molecular formula is C25H27N3O4. The van der Waals surface area contributed by atoms with Crippen LogP contribution < -0.4 is 15.6 Å². The monoisotopic (exact) mass is 433 g/mol. The first-order chi connectivity index (χ1) is 15.2. The quantitative estimate of drug-likeness (QED) is 0.471. The van der Waals surface area contributed by atoms with Crippen molar-refractivity contribution in [3.05, 3.63) is 81.5 Å². The molecule has 166 valence electrons. The minimum Gasteiger partial charge on any atom is -0.497 e. The van der Waals surface area contributed by atoms with E-state index >= 15 is 0 Å². The molecule has 32 heavy (non-hydrogen) atoms. The molecule has 0 atom stereocenters. The number of aromatic nitrogens is 2. The maximum Gasteiger partial charge on any atom is 0.272 e. The fourth-order valence-corrected chi connectivity index (χ4v) is 3.63. The molecular weight excluding hydrogens is 406 g/mol. The Morgan fingerprint density at radius 1 is 1.16 bits per heavy atom. The molecule has 4 rings (SSSR count). The highest BCUT2D eigenvalue weighted by Gasteiger charge is 2.23. The second kappa shape index (κ2) is 8.07. The molecule has 2 aromatic heterocycles. The van der Waals surface area contributed by atoms with E-state index in [2.05, 4.69) is 10.4 Å². The zero-order chi connectivity index (χ0) is 23.0. The Bertz CT molecular complexity index is 1350. The lowest BCUT2D eigenvalue weighted by Crippen LogP contribution is -2.13. The molecule has 4 aromatic rings. The summed E-state index contributed by atoms with van der Waals surface area (Å²) in [6, 6.07) is 14.8. The van der Waals surface area contributed by atoms with E-state index in [-0.39, 0.29) is 16.9 Å². The van der Waals surface area contributed by atoms with Crippen molar-refractivity contribution in [2.75, 3.05) is 12.4 Å². The first-order valence-corrected chi connectivity index (χ1v) is 10.4. The van der Waals surface area contributed by atoms with Crippen molar-refractivity contribution in [3.8, 4) is 5.75 Å². The van der Waals surface area contributed by atoms with E-state index in [4.69, 9.17) is 9.15 Å². The van der Waals surface area contributed by atoms with Crippen LogP contribution in [-0.2, 0) is 12.0 Å². The van der Waals surface area contributed by atoms with Crippen LogP contribution in [0, 0.1) is 6.92 Å². The predicted octanol–water partition coefficient (Wildman–Crippen LogP) is 4.84. The van der Waals surface area contributed by atoms with Crippen molar-refractivity contribution in [1.29, 1.82) is 0 Å². The molecule has 0 saturated heterocycles. The lowest BCUT2D eigenvalue weighted by atomic mass is 9.93. The zero-order valence-electron chi connectivity index (χ0n) is 18.9. The van der Waals surface area contributed by atoms with E-state index in [0.29, 0.717) is 28.9 Å². The van der Waals surface area contributed by atoms with Gasteiger partial charge in [0.1, 0.15) is 17.3 Å². The van der Waals surface area contributed by atoms with Crippen molar-refractivity contribution in [2.24, 2.45) is 0 Å². The van der Waals surface area contributed by atoms with Crippen LogP contribution in [-0.4, -0.2) is 22.8 Å². The number of nitrogens with zero attached hydrogens (tertiary/aromatic N) is 1. The number of aromatic amines is 1. The van der Waals surface area contributed by atoms with Gasteiger partial charge in [0, 0.05) is 11.1 Å². The molecule has 0 spiro atoms.